The summed E-state index contributed by atoms with van der Waals surface area (Å²) in [5.41, 5.74) is 7.57. The van der Waals surface area contributed by atoms with Crippen molar-refractivity contribution in [3.63, 3.8) is 0 Å². The molecule has 0 nitrogen and oxygen atoms in total. The fourth-order valence-electron chi connectivity index (χ4n) is 3.28. The van der Waals surface area contributed by atoms with Crippen LogP contribution in [0.3, 0.4) is 0 Å². The fraction of sp³-hybridized carbons (Fsp3) is 0.529. The van der Waals surface area contributed by atoms with Gasteiger partial charge in [0.1, 0.15) is 0 Å². The maximum Gasteiger partial charge on any atom is 0.0171 e. The lowest BCUT2D eigenvalue weighted by molar-refractivity contribution is 0.876. The number of rotatable bonds is 6. The molecule has 0 N–H and O–H groups in total. The van der Waals surface area contributed by atoms with Crippen molar-refractivity contribution in [3.8, 4) is 0 Å². The largest absolute Gasteiger partial charge is 0.0802 e. The zero-order chi connectivity index (χ0) is 13.0. The summed E-state index contributed by atoms with van der Waals surface area (Å²) in [6, 6.07) is 0. The molecule has 0 unspecified atom stereocenters. The van der Waals surface area contributed by atoms with E-state index in [-0.39, 0.29) is 0 Å². The van der Waals surface area contributed by atoms with Crippen LogP contribution >= 0.6 is 0 Å². The van der Waals surface area contributed by atoms with Gasteiger partial charge in [-0.1, -0.05) is 62.1 Å². The third-order valence-electron chi connectivity index (χ3n) is 4.22. The standard InChI is InChI=1S/C17H26Si/c1-3-7-13-9-5-11-15(13)17(18)16-12-6-10-14(16)8-4-2/h5-6,9-10,17H,3-4,7-8,11-12H2,1-2,18H3. The number of hydrogen-bond acceptors (Lipinski definition) is 0. The molecular weight excluding hydrogens is 232 g/mol. The van der Waals surface area contributed by atoms with Crippen LogP contribution in [0.1, 0.15) is 52.4 Å². The molecule has 0 bridgehead atoms. The van der Waals surface area contributed by atoms with Gasteiger partial charge >= 0.3 is 0 Å². The molecule has 0 aromatic rings. The van der Waals surface area contributed by atoms with Gasteiger partial charge < -0.3 is 0 Å². The Morgan fingerprint density at radius 2 is 1.39 bits per heavy atom. The van der Waals surface area contributed by atoms with E-state index in [4.69, 9.17) is 0 Å². The van der Waals surface area contributed by atoms with E-state index >= 15 is 0 Å². The first-order valence-electron chi connectivity index (χ1n) is 7.54. The maximum atomic E-state index is 2.38. The van der Waals surface area contributed by atoms with Gasteiger partial charge in [-0.05, 0) is 42.4 Å². The van der Waals surface area contributed by atoms with E-state index < -0.39 is 0 Å². The van der Waals surface area contributed by atoms with Crippen LogP contribution in [0.5, 0.6) is 0 Å². The molecule has 98 valence electrons. The van der Waals surface area contributed by atoms with E-state index in [9.17, 15) is 0 Å². The molecule has 0 saturated heterocycles. The van der Waals surface area contributed by atoms with Gasteiger partial charge in [-0.15, -0.1) is 0 Å². The van der Waals surface area contributed by atoms with Crippen molar-refractivity contribution >= 4 is 10.2 Å². The molecular formula is C17H26Si. The Balaban J connectivity index is 2.19. The molecule has 0 amide bonds. The Hall–Kier alpha value is -0.823. The van der Waals surface area contributed by atoms with Crippen LogP contribution in [0, 0.1) is 0 Å². The average Bonchev–Trinajstić information content (AvgIpc) is 2.98. The average molecular weight is 258 g/mol. The third-order valence-corrected chi connectivity index (χ3v) is 5.62. The molecule has 0 fully saturated rings. The van der Waals surface area contributed by atoms with Gasteiger partial charge in [0.2, 0.25) is 0 Å². The van der Waals surface area contributed by atoms with Crippen molar-refractivity contribution in [2.24, 2.45) is 0 Å². The van der Waals surface area contributed by atoms with Gasteiger partial charge in [0.05, 0.1) is 0 Å². The molecule has 0 saturated carbocycles. The first-order chi connectivity index (χ1) is 8.77. The SMILES string of the molecule is CCCC1=C(C([SiH3])C2=C(CCC)C=CC2)CC=C1. The second kappa shape index (κ2) is 6.37. The highest BCUT2D eigenvalue weighted by atomic mass is 28.1. The summed E-state index contributed by atoms with van der Waals surface area (Å²) in [5, 5.41) is 0. The van der Waals surface area contributed by atoms with Crippen LogP contribution in [0.25, 0.3) is 0 Å². The molecule has 0 radical (unpaired) electrons. The second-order valence-corrected chi connectivity index (χ2v) is 6.69. The highest BCUT2D eigenvalue weighted by molar-refractivity contribution is 6.16. The Bertz CT molecular complexity index is 381. The third kappa shape index (κ3) is 2.77. The molecule has 18 heavy (non-hydrogen) atoms. The van der Waals surface area contributed by atoms with Gasteiger partial charge in [-0.25, -0.2) is 0 Å². The molecule has 0 heterocycles. The minimum absolute atomic E-state index is 0.790. The zero-order valence-corrected chi connectivity index (χ0v) is 14.1. The lowest BCUT2D eigenvalue weighted by Gasteiger charge is -2.19. The number of hydrogen-bond donors (Lipinski definition) is 0. The molecule has 0 atom stereocenters. The van der Waals surface area contributed by atoms with Crippen LogP contribution in [0.4, 0.5) is 0 Å². The van der Waals surface area contributed by atoms with E-state index in [1.54, 1.807) is 22.3 Å². The minimum atomic E-state index is 0.790. The van der Waals surface area contributed by atoms with Crippen LogP contribution in [0.15, 0.2) is 46.6 Å². The summed E-state index contributed by atoms with van der Waals surface area (Å²) >= 11 is 0. The molecule has 0 aliphatic heterocycles. The molecule has 2 rings (SSSR count). The van der Waals surface area contributed by atoms with Crippen molar-refractivity contribution in [3.05, 3.63) is 46.6 Å². The van der Waals surface area contributed by atoms with Crippen LogP contribution < -0.4 is 0 Å². The van der Waals surface area contributed by atoms with Crippen molar-refractivity contribution in [2.75, 3.05) is 0 Å². The van der Waals surface area contributed by atoms with Crippen molar-refractivity contribution in [1.29, 1.82) is 0 Å². The summed E-state index contributed by atoms with van der Waals surface area (Å²) in [6.07, 6.45) is 17.0. The van der Waals surface area contributed by atoms with Gasteiger partial charge in [0.25, 0.3) is 0 Å². The van der Waals surface area contributed by atoms with Gasteiger partial charge in [0, 0.05) is 10.2 Å². The van der Waals surface area contributed by atoms with Gasteiger partial charge in [-0.3, -0.25) is 0 Å². The van der Waals surface area contributed by atoms with E-state index in [1.165, 1.54) is 48.8 Å². The lowest BCUT2D eigenvalue weighted by Crippen LogP contribution is -2.03. The molecule has 1 heteroatoms. The first kappa shape index (κ1) is 13.6. The Kier molecular flexibility index (Phi) is 4.82. The summed E-state index contributed by atoms with van der Waals surface area (Å²) in [7, 11) is 1.27. The topological polar surface area (TPSA) is 0 Å². The first-order valence-corrected chi connectivity index (χ1v) is 8.70. The highest BCUT2D eigenvalue weighted by Crippen LogP contribution is 2.40. The van der Waals surface area contributed by atoms with E-state index in [2.05, 4.69) is 38.2 Å². The maximum absolute atomic E-state index is 2.38. The molecule has 0 aromatic carbocycles. The fourth-order valence-corrected chi connectivity index (χ4v) is 4.49. The van der Waals surface area contributed by atoms with Crippen molar-refractivity contribution < 1.29 is 0 Å². The van der Waals surface area contributed by atoms with Gasteiger partial charge in [0.15, 0.2) is 0 Å². The zero-order valence-electron chi connectivity index (χ0n) is 12.1. The summed E-state index contributed by atoms with van der Waals surface area (Å²) in [4.78, 5) is 0. The predicted molar refractivity (Wildman–Crippen MR) is 85.1 cm³/mol. The summed E-state index contributed by atoms with van der Waals surface area (Å²) < 4.78 is 0. The smallest absolute Gasteiger partial charge is 0.0171 e. The Labute approximate surface area is 115 Å². The van der Waals surface area contributed by atoms with Crippen LogP contribution in [-0.4, -0.2) is 10.2 Å². The Morgan fingerprint density at radius 1 is 0.944 bits per heavy atom. The quantitative estimate of drug-likeness (QED) is 0.625. The predicted octanol–water partition coefficient (Wildman–Crippen LogP) is 4.25. The number of allylic oxidation sites excluding steroid dienone is 8. The van der Waals surface area contributed by atoms with Crippen LogP contribution in [-0.2, 0) is 0 Å². The lowest BCUT2D eigenvalue weighted by atomic mass is 9.94. The molecule has 2 aliphatic rings. The van der Waals surface area contributed by atoms with Crippen molar-refractivity contribution in [1.82, 2.24) is 0 Å². The monoisotopic (exact) mass is 258 g/mol. The molecule has 2 aliphatic carbocycles. The van der Waals surface area contributed by atoms with E-state index in [0.29, 0.717) is 0 Å². The molecule has 0 aromatic heterocycles. The summed E-state index contributed by atoms with van der Waals surface area (Å²) in [6.45, 7) is 4.58. The minimum Gasteiger partial charge on any atom is -0.0802 e. The van der Waals surface area contributed by atoms with E-state index in [1.807, 2.05) is 0 Å². The van der Waals surface area contributed by atoms with E-state index in [0.717, 1.165) is 5.54 Å². The highest BCUT2D eigenvalue weighted by Gasteiger charge is 2.21. The second-order valence-electron chi connectivity index (χ2n) is 5.54. The normalized spacial score (nSPS) is 19.1. The van der Waals surface area contributed by atoms with Gasteiger partial charge in [-0.2, -0.15) is 0 Å². The Morgan fingerprint density at radius 3 is 1.78 bits per heavy atom. The summed E-state index contributed by atoms with van der Waals surface area (Å²) in [5.74, 6) is 0. The van der Waals surface area contributed by atoms with Crippen molar-refractivity contribution in [2.45, 2.75) is 57.9 Å². The van der Waals surface area contributed by atoms with Crippen LogP contribution in [0.2, 0.25) is 5.54 Å². The molecule has 0 spiro atoms.